The lowest BCUT2D eigenvalue weighted by Crippen LogP contribution is -2.38. The molecular weight excluding hydrogens is 677 g/mol. The predicted octanol–water partition coefficient (Wildman–Crippen LogP) is 8.37. The van der Waals surface area contributed by atoms with E-state index >= 15 is 0 Å². The number of ether oxygens (including phenoxy) is 3. The molecule has 0 amide bonds. The second kappa shape index (κ2) is 17.0. The monoisotopic (exact) mass is 721 g/mol. The minimum absolute atomic E-state index is 0.161. The predicted molar refractivity (Wildman–Crippen MR) is 202 cm³/mol. The van der Waals surface area contributed by atoms with Crippen molar-refractivity contribution in [1.29, 1.82) is 0 Å². The van der Waals surface area contributed by atoms with Gasteiger partial charge in [-0.25, -0.2) is 4.98 Å². The van der Waals surface area contributed by atoms with Crippen molar-refractivity contribution >= 4 is 24.7 Å². The fourth-order valence-corrected chi connectivity index (χ4v) is 7.54. The molecule has 52 heavy (non-hydrogen) atoms. The van der Waals surface area contributed by atoms with Crippen LogP contribution < -0.4 is 14.8 Å². The van der Waals surface area contributed by atoms with Gasteiger partial charge in [-0.1, -0.05) is 103 Å². The molecule has 0 radical (unpaired) electrons. The molecule has 0 spiro atoms. The van der Waals surface area contributed by atoms with Crippen LogP contribution in [0.2, 0.25) is 0 Å². The highest BCUT2D eigenvalue weighted by Gasteiger charge is 2.38. The summed E-state index contributed by atoms with van der Waals surface area (Å²) < 4.78 is 43.6. The van der Waals surface area contributed by atoms with E-state index in [1.807, 2.05) is 102 Å². The number of aryl methyl sites for hydroxylation is 1. The lowest BCUT2D eigenvalue weighted by atomic mass is 9.77. The molecule has 0 aliphatic heterocycles. The van der Waals surface area contributed by atoms with Crippen LogP contribution in [-0.4, -0.2) is 52.8 Å². The van der Waals surface area contributed by atoms with E-state index in [0.29, 0.717) is 35.4 Å². The van der Waals surface area contributed by atoms with Gasteiger partial charge in [-0.3, -0.25) is 4.57 Å². The van der Waals surface area contributed by atoms with Crippen molar-refractivity contribution in [2.75, 3.05) is 38.6 Å². The highest BCUT2D eigenvalue weighted by Crippen LogP contribution is 2.48. The van der Waals surface area contributed by atoms with E-state index in [2.05, 4.69) is 29.6 Å². The van der Waals surface area contributed by atoms with Gasteiger partial charge in [-0.2, -0.15) is 9.97 Å². The van der Waals surface area contributed by atoms with Crippen LogP contribution in [-0.2, 0) is 37.0 Å². The van der Waals surface area contributed by atoms with E-state index in [1.165, 1.54) is 0 Å². The first-order valence-electron chi connectivity index (χ1n) is 17.3. The number of anilines is 1. The Kier molecular flexibility index (Phi) is 12.0. The quantitative estimate of drug-likeness (QED) is 0.0527. The van der Waals surface area contributed by atoms with Crippen LogP contribution in [0.15, 0.2) is 115 Å². The number of rotatable bonds is 18. The van der Waals surface area contributed by atoms with Gasteiger partial charge in [-0.15, -0.1) is 0 Å². The summed E-state index contributed by atoms with van der Waals surface area (Å²) in [6.45, 7) is 6.83. The van der Waals surface area contributed by atoms with Gasteiger partial charge in [0.25, 0.3) is 0 Å². The fourth-order valence-electron chi connectivity index (χ4n) is 6.17. The minimum atomic E-state index is -3.37. The third-order valence-electron chi connectivity index (χ3n) is 8.57. The molecular formula is C40H44N5O6P. The first-order chi connectivity index (χ1) is 25.4. The Morgan fingerprint density at radius 3 is 1.90 bits per heavy atom. The number of benzene rings is 4. The maximum atomic E-state index is 13.0. The van der Waals surface area contributed by atoms with E-state index in [9.17, 15) is 4.57 Å². The maximum absolute atomic E-state index is 13.0. The first kappa shape index (κ1) is 36.7. The summed E-state index contributed by atoms with van der Waals surface area (Å²) in [4.78, 5) is 15.0. The molecule has 0 unspecified atom stereocenters. The normalized spacial score (nSPS) is 11.8. The largest absolute Gasteiger partial charge is 0.497 e. The van der Waals surface area contributed by atoms with Gasteiger partial charge in [0.05, 0.1) is 26.9 Å². The lowest BCUT2D eigenvalue weighted by Gasteiger charge is -2.37. The number of imidazole rings is 1. The van der Waals surface area contributed by atoms with Gasteiger partial charge in [-0.05, 0) is 55.2 Å². The SMILES string of the molecule is CCOP(=O)(COCCn1c(C)nc2c(OCc3ccccc3)nc(NC(c3ccccc3)(c3ccccc3)c3ccc(OC)cc3)nc21)OCC. The van der Waals surface area contributed by atoms with Crippen molar-refractivity contribution in [3.8, 4) is 11.6 Å². The Morgan fingerprint density at radius 2 is 1.33 bits per heavy atom. The number of nitrogens with zero attached hydrogens (tertiary/aromatic N) is 4. The molecule has 6 rings (SSSR count). The smallest absolute Gasteiger partial charge is 0.356 e. The minimum Gasteiger partial charge on any atom is -0.497 e. The number of aromatic nitrogens is 4. The second-order valence-corrected chi connectivity index (χ2v) is 13.9. The summed E-state index contributed by atoms with van der Waals surface area (Å²) in [6.07, 6.45) is -0.161. The number of fused-ring (bicyclic) bond motifs is 1. The zero-order valence-electron chi connectivity index (χ0n) is 29.9. The number of nitrogens with one attached hydrogen (secondary N) is 1. The zero-order valence-corrected chi connectivity index (χ0v) is 30.8. The molecule has 12 heteroatoms. The zero-order chi connectivity index (χ0) is 36.4. The van der Waals surface area contributed by atoms with Gasteiger partial charge in [0.2, 0.25) is 11.8 Å². The average molecular weight is 722 g/mol. The Labute approximate surface area is 304 Å². The Morgan fingerprint density at radius 1 is 0.750 bits per heavy atom. The van der Waals surface area contributed by atoms with Gasteiger partial charge in [0.15, 0.2) is 11.2 Å². The topological polar surface area (TPSA) is 119 Å². The number of hydrogen-bond donors (Lipinski definition) is 1. The van der Waals surface area contributed by atoms with Crippen LogP contribution in [0.1, 0.15) is 41.9 Å². The Balaban J connectivity index is 1.45. The van der Waals surface area contributed by atoms with Gasteiger partial charge < -0.3 is 33.1 Å². The Hall–Kier alpha value is -5.06. The van der Waals surface area contributed by atoms with Crippen LogP contribution in [0, 0.1) is 6.92 Å². The molecule has 0 saturated carbocycles. The van der Waals surface area contributed by atoms with Crippen molar-refractivity contribution in [3.05, 3.63) is 143 Å². The summed E-state index contributed by atoms with van der Waals surface area (Å²) in [7, 11) is -1.71. The summed E-state index contributed by atoms with van der Waals surface area (Å²) in [6, 6.07) is 38.3. The van der Waals surface area contributed by atoms with Crippen LogP contribution >= 0.6 is 7.60 Å². The Bertz CT molecular complexity index is 2030. The van der Waals surface area contributed by atoms with Crippen LogP contribution in [0.25, 0.3) is 11.2 Å². The molecule has 0 atom stereocenters. The van der Waals surface area contributed by atoms with E-state index in [4.69, 9.17) is 38.2 Å². The average Bonchev–Trinajstić information content (AvgIpc) is 3.50. The van der Waals surface area contributed by atoms with Crippen molar-refractivity contribution < 1.29 is 27.8 Å². The van der Waals surface area contributed by atoms with Crippen molar-refractivity contribution in [3.63, 3.8) is 0 Å². The molecule has 2 aromatic heterocycles. The first-order valence-corrected chi connectivity index (χ1v) is 19.0. The van der Waals surface area contributed by atoms with Crippen molar-refractivity contribution in [1.82, 2.24) is 19.5 Å². The van der Waals surface area contributed by atoms with E-state index in [-0.39, 0.29) is 32.8 Å². The second-order valence-electron chi connectivity index (χ2n) is 11.9. The van der Waals surface area contributed by atoms with Crippen molar-refractivity contribution in [2.45, 2.75) is 39.5 Å². The molecule has 270 valence electrons. The van der Waals surface area contributed by atoms with Crippen LogP contribution in [0.3, 0.4) is 0 Å². The fraction of sp³-hybridized carbons (Fsp3) is 0.275. The summed E-state index contributed by atoms with van der Waals surface area (Å²) in [5, 5.41) is 3.78. The summed E-state index contributed by atoms with van der Waals surface area (Å²) >= 11 is 0. The van der Waals surface area contributed by atoms with Gasteiger partial charge in [0, 0.05) is 6.54 Å². The third kappa shape index (κ3) is 8.19. The number of methoxy groups -OCH3 is 1. The summed E-state index contributed by atoms with van der Waals surface area (Å²) in [5.74, 6) is 2.10. The standard InChI is InChI=1S/C40H44N5O6P/c1-5-50-52(46,51-6-2)29-48-27-26-45-30(3)41-36-37(45)42-39(43-38(36)49-28-31-16-10-7-11-17-31)44-40(32-18-12-8-13-19-32,33-20-14-9-15-21-33)34-22-24-35(47-4)25-23-34/h7-25H,5-6,26-29H2,1-4H3,(H,42,43,44). The van der Waals surface area contributed by atoms with Crippen LogP contribution in [0.5, 0.6) is 11.6 Å². The highest BCUT2D eigenvalue weighted by molar-refractivity contribution is 7.53. The van der Waals surface area contributed by atoms with Crippen molar-refractivity contribution in [2.24, 2.45) is 0 Å². The molecule has 1 N–H and O–H groups in total. The molecule has 0 fully saturated rings. The molecule has 4 aromatic carbocycles. The van der Waals surface area contributed by atoms with Crippen LogP contribution in [0.4, 0.5) is 5.95 Å². The summed E-state index contributed by atoms with van der Waals surface area (Å²) in [5.41, 5.74) is 4.05. The van der Waals surface area contributed by atoms with E-state index in [1.54, 1.807) is 21.0 Å². The maximum Gasteiger partial charge on any atom is 0.356 e. The van der Waals surface area contributed by atoms with E-state index in [0.717, 1.165) is 28.0 Å². The molecule has 0 bridgehead atoms. The molecule has 0 aliphatic carbocycles. The van der Waals surface area contributed by atoms with Gasteiger partial charge >= 0.3 is 7.60 Å². The molecule has 11 nitrogen and oxygen atoms in total. The number of hydrogen-bond acceptors (Lipinski definition) is 10. The highest BCUT2D eigenvalue weighted by atomic mass is 31.2. The van der Waals surface area contributed by atoms with Gasteiger partial charge in [0.1, 0.15) is 30.1 Å². The molecule has 0 aliphatic rings. The molecule has 0 saturated heterocycles. The third-order valence-corrected chi connectivity index (χ3v) is 10.4. The van der Waals surface area contributed by atoms with E-state index < -0.39 is 13.1 Å². The molecule has 6 aromatic rings. The molecule has 2 heterocycles. The lowest BCUT2D eigenvalue weighted by molar-refractivity contribution is 0.127.